The van der Waals surface area contributed by atoms with Gasteiger partial charge in [-0.15, -0.1) is 0 Å². The fourth-order valence-electron chi connectivity index (χ4n) is 1.44. The molecule has 0 bridgehead atoms. The molecule has 1 aliphatic rings. The van der Waals surface area contributed by atoms with Crippen LogP contribution in [0.4, 0.5) is 0 Å². The molecule has 12 heavy (non-hydrogen) atoms. The quantitative estimate of drug-likeness (QED) is 0.553. The van der Waals surface area contributed by atoms with E-state index in [0.717, 1.165) is 6.42 Å². The van der Waals surface area contributed by atoms with Crippen LogP contribution in [0.15, 0.2) is 48.1 Å². The zero-order chi connectivity index (χ0) is 8.81. The highest BCUT2D eigenvalue weighted by atomic mass is 14.1. The lowest BCUT2D eigenvalue weighted by Gasteiger charge is -2.08. The maximum absolute atomic E-state index is 2.23. The van der Waals surface area contributed by atoms with Crippen molar-refractivity contribution in [3.8, 4) is 0 Å². The molecule has 1 aliphatic carbocycles. The normalized spacial score (nSPS) is 19.3. The van der Waals surface area contributed by atoms with Crippen LogP contribution >= 0.6 is 0 Å². The van der Waals surface area contributed by atoms with Crippen molar-refractivity contribution in [1.82, 2.24) is 0 Å². The van der Waals surface area contributed by atoms with Gasteiger partial charge in [-0.3, -0.25) is 0 Å². The molecule has 0 nitrogen and oxygen atoms in total. The Labute approximate surface area is 75.0 Å². The largest absolute Gasteiger partial charge is 0.0908 e. The highest BCUT2D eigenvalue weighted by Crippen LogP contribution is 2.22. The van der Waals surface area contributed by atoms with E-state index in [9.17, 15) is 0 Å². The van der Waals surface area contributed by atoms with Crippen LogP contribution in [0.1, 0.15) is 20.3 Å². The molecule has 0 saturated carbocycles. The minimum Gasteiger partial charge on any atom is -0.0908 e. The van der Waals surface area contributed by atoms with Crippen LogP contribution in [-0.2, 0) is 0 Å². The Balaban J connectivity index is 2.66. The Bertz CT molecular complexity index is 227. The van der Waals surface area contributed by atoms with E-state index in [1.165, 1.54) is 5.57 Å². The van der Waals surface area contributed by atoms with Crippen molar-refractivity contribution in [2.75, 3.05) is 0 Å². The summed E-state index contributed by atoms with van der Waals surface area (Å²) in [6.45, 7) is 4.14. The van der Waals surface area contributed by atoms with Gasteiger partial charge >= 0.3 is 0 Å². The topological polar surface area (TPSA) is 0 Å². The van der Waals surface area contributed by atoms with Crippen LogP contribution in [-0.4, -0.2) is 0 Å². The van der Waals surface area contributed by atoms with Crippen molar-refractivity contribution in [1.29, 1.82) is 0 Å². The third kappa shape index (κ3) is 2.23. The summed E-state index contributed by atoms with van der Waals surface area (Å²) in [6.07, 6.45) is 16.4. The highest BCUT2D eigenvalue weighted by molar-refractivity contribution is 5.30. The van der Waals surface area contributed by atoms with Crippen LogP contribution in [0, 0.1) is 5.92 Å². The zero-order valence-electron chi connectivity index (χ0n) is 7.83. The molecule has 64 valence electrons. The monoisotopic (exact) mass is 160 g/mol. The van der Waals surface area contributed by atoms with E-state index in [4.69, 9.17) is 0 Å². The zero-order valence-corrected chi connectivity index (χ0v) is 7.83. The molecule has 0 radical (unpaired) electrons. The molecule has 0 aromatic carbocycles. The van der Waals surface area contributed by atoms with E-state index < -0.39 is 0 Å². The van der Waals surface area contributed by atoms with Gasteiger partial charge in [-0.1, -0.05) is 48.1 Å². The number of hydrogen-bond donors (Lipinski definition) is 0. The predicted molar refractivity (Wildman–Crippen MR) is 55.0 cm³/mol. The first-order valence-corrected chi connectivity index (χ1v) is 4.49. The van der Waals surface area contributed by atoms with E-state index >= 15 is 0 Å². The maximum Gasteiger partial charge on any atom is 0.0163 e. The van der Waals surface area contributed by atoms with Crippen molar-refractivity contribution in [3.63, 3.8) is 0 Å². The van der Waals surface area contributed by atoms with Crippen LogP contribution in [0.2, 0.25) is 0 Å². The SMILES string of the molecule is CC=CC(C=CC)C1=CC=CC1. The molecule has 0 unspecified atom stereocenters. The Kier molecular flexibility index (Phi) is 3.59. The molecule has 0 aromatic heterocycles. The molecule has 0 heterocycles. The van der Waals surface area contributed by atoms with Crippen molar-refractivity contribution >= 4 is 0 Å². The highest BCUT2D eigenvalue weighted by Gasteiger charge is 2.07. The van der Waals surface area contributed by atoms with Crippen molar-refractivity contribution < 1.29 is 0 Å². The summed E-state index contributed by atoms with van der Waals surface area (Å²) < 4.78 is 0. The average Bonchev–Trinajstić information content (AvgIpc) is 2.56. The van der Waals surface area contributed by atoms with Gasteiger partial charge in [-0.2, -0.15) is 0 Å². The van der Waals surface area contributed by atoms with Gasteiger partial charge in [0.15, 0.2) is 0 Å². The fourth-order valence-corrected chi connectivity index (χ4v) is 1.44. The molecular formula is C12H16. The third-order valence-corrected chi connectivity index (χ3v) is 2.03. The lowest BCUT2D eigenvalue weighted by molar-refractivity contribution is 0.929. The molecular weight excluding hydrogens is 144 g/mol. The minimum absolute atomic E-state index is 0.509. The first-order valence-electron chi connectivity index (χ1n) is 4.49. The van der Waals surface area contributed by atoms with E-state index in [2.05, 4.69) is 56.4 Å². The van der Waals surface area contributed by atoms with Gasteiger partial charge in [-0.25, -0.2) is 0 Å². The first-order chi connectivity index (χ1) is 5.88. The molecule has 0 fully saturated rings. The smallest absolute Gasteiger partial charge is 0.0163 e. The summed E-state index contributed by atoms with van der Waals surface area (Å²) in [5.41, 5.74) is 1.49. The Morgan fingerprint density at radius 3 is 2.33 bits per heavy atom. The molecule has 0 N–H and O–H groups in total. The second kappa shape index (κ2) is 4.76. The second-order valence-corrected chi connectivity index (χ2v) is 2.95. The van der Waals surface area contributed by atoms with Gasteiger partial charge < -0.3 is 0 Å². The van der Waals surface area contributed by atoms with Crippen LogP contribution in [0.3, 0.4) is 0 Å². The van der Waals surface area contributed by atoms with Crippen molar-refractivity contribution in [3.05, 3.63) is 48.1 Å². The molecule has 0 saturated heterocycles. The fraction of sp³-hybridized carbons (Fsp3) is 0.333. The summed E-state index contributed by atoms with van der Waals surface area (Å²) in [5, 5.41) is 0. The predicted octanol–water partition coefficient (Wildman–Crippen LogP) is 3.64. The van der Waals surface area contributed by atoms with Crippen LogP contribution < -0.4 is 0 Å². The Hall–Kier alpha value is -1.04. The van der Waals surface area contributed by atoms with Gasteiger partial charge in [0.05, 0.1) is 0 Å². The lowest BCUT2D eigenvalue weighted by atomic mass is 9.97. The molecule has 1 rings (SSSR count). The van der Waals surface area contributed by atoms with Crippen molar-refractivity contribution in [2.24, 2.45) is 5.92 Å². The second-order valence-electron chi connectivity index (χ2n) is 2.95. The number of rotatable bonds is 3. The number of allylic oxidation sites excluding steroid dienone is 8. The molecule has 0 aromatic rings. The third-order valence-electron chi connectivity index (χ3n) is 2.03. The summed E-state index contributed by atoms with van der Waals surface area (Å²) >= 11 is 0. The van der Waals surface area contributed by atoms with Gasteiger partial charge in [0, 0.05) is 5.92 Å². The molecule has 0 spiro atoms. The van der Waals surface area contributed by atoms with Gasteiger partial charge in [0.25, 0.3) is 0 Å². The van der Waals surface area contributed by atoms with Crippen LogP contribution in [0.5, 0.6) is 0 Å². The standard InChI is InChI=1S/C12H16/c1-3-7-11(8-4-2)12-9-5-6-10-12/h3-9,11H,10H2,1-2H3. The molecule has 0 amide bonds. The number of hydrogen-bond acceptors (Lipinski definition) is 0. The minimum atomic E-state index is 0.509. The Morgan fingerprint density at radius 1 is 1.25 bits per heavy atom. The summed E-state index contributed by atoms with van der Waals surface area (Å²) in [7, 11) is 0. The van der Waals surface area contributed by atoms with Gasteiger partial charge in [-0.05, 0) is 20.3 Å². The van der Waals surface area contributed by atoms with Gasteiger partial charge in [0.1, 0.15) is 0 Å². The molecule has 0 heteroatoms. The summed E-state index contributed by atoms with van der Waals surface area (Å²) in [6, 6.07) is 0. The van der Waals surface area contributed by atoms with Crippen molar-refractivity contribution in [2.45, 2.75) is 20.3 Å². The van der Waals surface area contributed by atoms with Gasteiger partial charge in [0.2, 0.25) is 0 Å². The summed E-state index contributed by atoms with van der Waals surface area (Å²) in [5.74, 6) is 0.509. The Morgan fingerprint density at radius 2 is 1.92 bits per heavy atom. The lowest BCUT2D eigenvalue weighted by Crippen LogP contribution is -1.94. The van der Waals surface area contributed by atoms with E-state index in [-0.39, 0.29) is 0 Å². The molecule has 0 aliphatic heterocycles. The average molecular weight is 160 g/mol. The van der Waals surface area contributed by atoms with Crippen LogP contribution in [0.25, 0.3) is 0 Å². The maximum atomic E-state index is 2.23. The van der Waals surface area contributed by atoms with E-state index in [1.54, 1.807) is 0 Å². The molecule has 0 atom stereocenters. The van der Waals surface area contributed by atoms with E-state index in [1.807, 2.05) is 0 Å². The first kappa shape index (κ1) is 9.05. The van der Waals surface area contributed by atoms with E-state index in [0.29, 0.717) is 5.92 Å². The summed E-state index contributed by atoms with van der Waals surface area (Å²) in [4.78, 5) is 0.